The first kappa shape index (κ1) is 15.7. The first-order chi connectivity index (χ1) is 8.97. The number of hydrogen-bond donors (Lipinski definition) is 2. The Morgan fingerprint density at radius 2 is 1.75 bits per heavy atom. The van der Waals surface area contributed by atoms with E-state index in [1.54, 1.807) is 27.7 Å². The van der Waals surface area contributed by atoms with Crippen molar-refractivity contribution < 1.29 is 34.0 Å². The fourth-order valence-electron chi connectivity index (χ4n) is 2.65. The molecule has 20 heavy (non-hydrogen) atoms. The molecular formula is C13H22O7. The van der Waals surface area contributed by atoms with Gasteiger partial charge in [0.25, 0.3) is 0 Å². The van der Waals surface area contributed by atoms with E-state index in [9.17, 15) is 15.0 Å². The van der Waals surface area contributed by atoms with Gasteiger partial charge in [0, 0.05) is 0 Å². The summed E-state index contributed by atoms with van der Waals surface area (Å²) in [6, 6.07) is 0. The van der Waals surface area contributed by atoms with E-state index in [0.717, 1.165) is 0 Å². The van der Waals surface area contributed by atoms with E-state index in [1.165, 1.54) is 6.92 Å². The smallest absolute Gasteiger partial charge is 0.338 e. The van der Waals surface area contributed by atoms with Crippen LogP contribution in [0, 0.1) is 0 Å². The Hall–Kier alpha value is -0.730. The number of carboxylic acids is 1. The predicted molar refractivity (Wildman–Crippen MR) is 67.0 cm³/mol. The molecule has 2 N–H and O–H groups in total. The van der Waals surface area contributed by atoms with Gasteiger partial charge in [0.2, 0.25) is 0 Å². The van der Waals surface area contributed by atoms with Crippen LogP contribution in [0.2, 0.25) is 0 Å². The summed E-state index contributed by atoms with van der Waals surface area (Å²) < 4.78 is 22.0. The molecule has 2 aliphatic rings. The lowest BCUT2D eigenvalue weighted by atomic mass is 9.92. The molecule has 0 aromatic carbocycles. The quantitative estimate of drug-likeness (QED) is 0.781. The average molecular weight is 290 g/mol. The molecule has 116 valence electrons. The summed E-state index contributed by atoms with van der Waals surface area (Å²) in [5.74, 6) is -3.08. The van der Waals surface area contributed by atoms with E-state index in [-0.39, 0.29) is 6.61 Å². The number of aliphatic hydroxyl groups is 1. The highest BCUT2D eigenvalue weighted by Crippen LogP contribution is 2.40. The van der Waals surface area contributed by atoms with Crippen LogP contribution < -0.4 is 0 Å². The van der Waals surface area contributed by atoms with Gasteiger partial charge in [0.1, 0.15) is 18.3 Å². The molecule has 2 aliphatic heterocycles. The van der Waals surface area contributed by atoms with Crippen LogP contribution in [0.25, 0.3) is 0 Å². The lowest BCUT2D eigenvalue weighted by molar-refractivity contribution is -0.183. The summed E-state index contributed by atoms with van der Waals surface area (Å²) >= 11 is 0. The van der Waals surface area contributed by atoms with Gasteiger partial charge in [0.05, 0.1) is 6.61 Å². The molecule has 2 heterocycles. The van der Waals surface area contributed by atoms with Crippen LogP contribution in [0.5, 0.6) is 0 Å². The molecule has 0 aliphatic carbocycles. The lowest BCUT2D eigenvalue weighted by Crippen LogP contribution is -2.54. The Labute approximate surface area is 117 Å². The van der Waals surface area contributed by atoms with Crippen LogP contribution >= 0.6 is 0 Å². The summed E-state index contributed by atoms with van der Waals surface area (Å²) in [5.41, 5.74) is -1.64. The zero-order valence-electron chi connectivity index (χ0n) is 12.4. The van der Waals surface area contributed by atoms with Crippen LogP contribution in [0.15, 0.2) is 0 Å². The predicted octanol–water partition coefficient (Wildman–Crippen LogP) is 0.494. The number of aliphatic carboxylic acids is 1. The molecule has 4 atom stereocenters. The van der Waals surface area contributed by atoms with E-state index in [2.05, 4.69) is 0 Å². The first-order valence-electron chi connectivity index (χ1n) is 6.58. The second-order valence-corrected chi connectivity index (χ2v) is 6.31. The maximum atomic E-state index is 11.5. The summed E-state index contributed by atoms with van der Waals surface area (Å²) in [4.78, 5) is 11.5. The minimum absolute atomic E-state index is 0.171. The van der Waals surface area contributed by atoms with Gasteiger partial charge in [-0.25, -0.2) is 4.79 Å². The number of aliphatic hydroxyl groups excluding tert-OH is 1. The van der Waals surface area contributed by atoms with Crippen molar-refractivity contribution in [3.8, 4) is 0 Å². The van der Waals surface area contributed by atoms with Gasteiger partial charge in [0.15, 0.2) is 17.2 Å². The molecule has 0 radical (unpaired) electrons. The molecule has 0 bridgehead atoms. The van der Waals surface area contributed by atoms with Crippen LogP contribution in [-0.2, 0) is 23.7 Å². The zero-order chi connectivity index (χ0) is 15.3. The molecule has 0 saturated carbocycles. The molecule has 2 fully saturated rings. The third kappa shape index (κ3) is 2.68. The van der Waals surface area contributed by atoms with Crippen molar-refractivity contribution >= 4 is 5.97 Å². The van der Waals surface area contributed by atoms with Gasteiger partial charge in [-0.05, 0) is 34.6 Å². The van der Waals surface area contributed by atoms with E-state index in [4.69, 9.17) is 18.9 Å². The lowest BCUT2D eigenvalue weighted by Gasteiger charge is -2.30. The van der Waals surface area contributed by atoms with Crippen molar-refractivity contribution in [2.75, 3.05) is 6.61 Å². The second kappa shape index (κ2) is 4.64. The maximum Gasteiger partial charge on any atom is 0.338 e. The van der Waals surface area contributed by atoms with Crippen molar-refractivity contribution in [2.45, 2.75) is 70.1 Å². The van der Waals surface area contributed by atoms with Gasteiger partial charge in [-0.1, -0.05) is 0 Å². The van der Waals surface area contributed by atoms with E-state index in [0.29, 0.717) is 0 Å². The summed E-state index contributed by atoms with van der Waals surface area (Å²) in [6.07, 6.45) is -2.87. The van der Waals surface area contributed by atoms with E-state index in [1.807, 2.05) is 0 Å². The van der Waals surface area contributed by atoms with E-state index >= 15 is 0 Å². The highest BCUT2D eigenvalue weighted by Gasteiger charge is 2.60. The average Bonchev–Trinajstić information content (AvgIpc) is 2.76. The topological polar surface area (TPSA) is 94.5 Å². The largest absolute Gasteiger partial charge is 0.479 e. The van der Waals surface area contributed by atoms with Gasteiger partial charge in [-0.3, -0.25) is 0 Å². The van der Waals surface area contributed by atoms with Crippen molar-refractivity contribution in [1.82, 2.24) is 0 Å². The second-order valence-electron chi connectivity index (χ2n) is 6.31. The standard InChI is InChI=1S/C13H22O7/c1-11(2)17-6-7(18-11)8(14)9-13(5,10(15)16)20-12(3,4)19-9/h7-9,14H,6H2,1-5H3,(H,15,16)/t7-,8-,9+,13-/m1/s1. The highest BCUT2D eigenvalue weighted by molar-refractivity contribution is 5.78. The van der Waals surface area contributed by atoms with Crippen LogP contribution in [-0.4, -0.2) is 58.3 Å². The Morgan fingerprint density at radius 3 is 2.20 bits per heavy atom. The molecule has 0 spiro atoms. The van der Waals surface area contributed by atoms with Gasteiger partial charge in [-0.15, -0.1) is 0 Å². The molecule has 7 heteroatoms. The Kier molecular flexibility index (Phi) is 3.63. The third-order valence-electron chi connectivity index (χ3n) is 3.56. The minimum Gasteiger partial charge on any atom is -0.479 e. The van der Waals surface area contributed by atoms with Gasteiger partial charge >= 0.3 is 5.97 Å². The highest BCUT2D eigenvalue weighted by atomic mass is 16.8. The van der Waals surface area contributed by atoms with Crippen molar-refractivity contribution in [3.63, 3.8) is 0 Å². The first-order valence-corrected chi connectivity index (χ1v) is 6.58. The van der Waals surface area contributed by atoms with Crippen LogP contribution in [0.1, 0.15) is 34.6 Å². The molecule has 2 rings (SSSR count). The fourth-order valence-corrected chi connectivity index (χ4v) is 2.65. The molecule has 2 saturated heterocycles. The summed E-state index contributed by atoms with van der Waals surface area (Å²) in [6.45, 7) is 8.23. The molecule has 0 aromatic heterocycles. The molecular weight excluding hydrogens is 268 g/mol. The SMILES string of the molecule is CC1(C)OC[C@H]([C@@H](O)[C@@H]2OC(C)(C)O[C@@]2(C)C(=O)O)O1. The van der Waals surface area contributed by atoms with Gasteiger partial charge < -0.3 is 29.2 Å². The fraction of sp³-hybridized carbons (Fsp3) is 0.923. The number of carboxylic acid groups (broad SMARTS) is 1. The number of carbonyl (C=O) groups is 1. The Morgan fingerprint density at radius 1 is 1.15 bits per heavy atom. The number of ether oxygens (including phenoxy) is 4. The van der Waals surface area contributed by atoms with Crippen LogP contribution in [0.3, 0.4) is 0 Å². The molecule has 0 unspecified atom stereocenters. The van der Waals surface area contributed by atoms with Crippen molar-refractivity contribution in [2.24, 2.45) is 0 Å². The van der Waals surface area contributed by atoms with Gasteiger partial charge in [-0.2, -0.15) is 0 Å². The third-order valence-corrected chi connectivity index (χ3v) is 3.56. The summed E-state index contributed by atoms with van der Waals surface area (Å²) in [7, 11) is 0. The monoisotopic (exact) mass is 290 g/mol. The number of rotatable bonds is 3. The Bertz CT molecular complexity index is 406. The molecule has 0 amide bonds. The van der Waals surface area contributed by atoms with Crippen LogP contribution in [0.4, 0.5) is 0 Å². The number of hydrogen-bond acceptors (Lipinski definition) is 6. The minimum atomic E-state index is -1.64. The van der Waals surface area contributed by atoms with Crippen molar-refractivity contribution in [3.05, 3.63) is 0 Å². The summed E-state index contributed by atoms with van der Waals surface area (Å²) in [5, 5.41) is 19.8. The maximum absolute atomic E-state index is 11.5. The van der Waals surface area contributed by atoms with E-state index < -0.39 is 41.5 Å². The molecule has 7 nitrogen and oxygen atoms in total. The molecule has 0 aromatic rings. The Balaban J connectivity index is 2.20. The normalized spacial score (nSPS) is 40.7. The zero-order valence-corrected chi connectivity index (χ0v) is 12.4. The van der Waals surface area contributed by atoms with Crippen molar-refractivity contribution in [1.29, 1.82) is 0 Å².